The summed E-state index contributed by atoms with van der Waals surface area (Å²) in [7, 11) is 0. The fourth-order valence-electron chi connectivity index (χ4n) is 3.75. The van der Waals surface area contributed by atoms with Crippen molar-refractivity contribution in [3.63, 3.8) is 0 Å². The maximum Gasteiger partial charge on any atom is 0.193 e. The van der Waals surface area contributed by atoms with Crippen molar-refractivity contribution in [2.45, 2.75) is 65.9 Å². The Kier molecular flexibility index (Phi) is 6.54. The first-order chi connectivity index (χ1) is 10.6. The van der Waals surface area contributed by atoms with Crippen LogP contribution in [0.1, 0.15) is 59.8 Å². The van der Waals surface area contributed by atoms with Crippen molar-refractivity contribution in [3.8, 4) is 0 Å². The average Bonchev–Trinajstić information content (AvgIpc) is 2.90. The van der Waals surface area contributed by atoms with Gasteiger partial charge in [0.05, 0.1) is 6.10 Å². The molecule has 0 aromatic rings. The van der Waals surface area contributed by atoms with Crippen molar-refractivity contribution in [2.75, 3.05) is 32.8 Å². The molecule has 2 aliphatic rings. The second-order valence-corrected chi connectivity index (χ2v) is 7.29. The molecule has 0 aromatic carbocycles. The predicted molar refractivity (Wildman–Crippen MR) is 93.3 cm³/mol. The Labute approximate surface area is 136 Å². The molecule has 0 radical (unpaired) electrons. The van der Waals surface area contributed by atoms with Gasteiger partial charge in [0, 0.05) is 32.8 Å². The van der Waals surface area contributed by atoms with E-state index in [0.29, 0.717) is 17.4 Å². The van der Waals surface area contributed by atoms with E-state index < -0.39 is 0 Å². The highest BCUT2D eigenvalue weighted by molar-refractivity contribution is 5.80. The van der Waals surface area contributed by atoms with Crippen molar-refractivity contribution in [3.05, 3.63) is 0 Å². The summed E-state index contributed by atoms with van der Waals surface area (Å²) in [6.07, 6.45) is 6.95. The first-order valence-electron chi connectivity index (χ1n) is 9.25. The third kappa shape index (κ3) is 4.37. The van der Waals surface area contributed by atoms with Crippen LogP contribution in [0.15, 0.2) is 4.99 Å². The zero-order chi connectivity index (χ0) is 16.0. The number of hydrogen-bond acceptors (Lipinski definition) is 2. The lowest BCUT2D eigenvalue weighted by Gasteiger charge is -2.38. The molecule has 128 valence electrons. The van der Waals surface area contributed by atoms with Gasteiger partial charge in [0.2, 0.25) is 0 Å². The van der Waals surface area contributed by atoms with E-state index in [9.17, 15) is 0 Å². The molecular weight excluding hydrogens is 274 g/mol. The van der Waals surface area contributed by atoms with Gasteiger partial charge < -0.3 is 15.0 Å². The van der Waals surface area contributed by atoms with E-state index in [2.05, 4.69) is 37.9 Å². The van der Waals surface area contributed by atoms with Crippen molar-refractivity contribution in [2.24, 2.45) is 16.3 Å². The third-order valence-electron chi connectivity index (χ3n) is 5.29. The quantitative estimate of drug-likeness (QED) is 0.579. The van der Waals surface area contributed by atoms with Gasteiger partial charge in [-0.25, -0.2) is 0 Å². The van der Waals surface area contributed by atoms with E-state index in [0.717, 1.165) is 32.1 Å². The van der Waals surface area contributed by atoms with Gasteiger partial charge in [-0.15, -0.1) is 0 Å². The summed E-state index contributed by atoms with van der Waals surface area (Å²) < 4.78 is 5.83. The van der Waals surface area contributed by atoms with Gasteiger partial charge in [-0.2, -0.15) is 0 Å². The summed E-state index contributed by atoms with van der Waals surface area (Å²) in [6, 6.07) is 0. The fourth-order valence-corrected chi connectivity index (χ4v) is 3.75. The highest BCUT2D eigenvalue weighted by Crippen LogP contribution is 2.47. The molecule has 0 aromatic heterocycles. The van der Waals surface area contributed by atoms with Crippen LogP contribution in [0.25, 0.3) is 0 Å². The molecule has 1 atom stereocenters. The standard InChI is InChI=1S/C18H35N3O/c1-5-19-17(20-12-8-16(15(3)4)22-6-2)21-13-11-18(14-21)9-7-10-18/h15-16H,5-14H2,1-4H3,(H,19,20). The van der Waals surface area contributed by atoms with Crippen LogP contribution < -0.4 is 5.32 Å². The number of likely N-dealkylation sites (tertiary alicyclic amines) is 1. The third-order valence-corrected chi connectivity index (χ3v) is 5.29. The monoisotopic (exact) mass is 309 g/mol. The van der Waals surface area contributed by atoms with Crippen LogP contribution in [-0.4, -0.2) is 49.7 Å². The summed E-state index contributed by atoms with van der Waals surface area (Å²) in [5.41, 5.74) is 0.627. The van der Waals surface area contributed by atoms with Crippen LogP contribution >= 0.6 is 0 Å². The first-order valence-corrected chi connectivity index (χ1v) is 9.25. The summed E-state index contributed by atoms with van der Waals surface area (Å²) in [6.45, 7) is 13.7. The SMILES string of the molecule is CCNC(=NCCC(OCC)C(C)C)N1CCC2(CCC2)C1. The molecule has 2 rings (SSSR count). The molecule has 1 N–H and O–H groups in total. The molecular formula is C18H35N3O. The smallest absolute Gasteiger partial charge is 0.193 e. The Morgan fingerprint density at radius 3 is 2.55 bits per heavy atom. The maximum atomic E-state index is 5.83. The maximum absolute atomic E-state index is 5.83. The van der Waals surface area contributed by atoms with Gasteiger partial charge in [-0.05, 0) is 50.9 Å². The van der Waals surface area contributed by atoms with Crippen LogP contribution in [0, 0.1) is 11.3 Å². The Bertz CT molecular complexity index is 363. The summed E-state index contributed by atoms with van der Waals surface area (Å²) in [4.78, 5) is 7.36. The van der Waals surface area contributed by atoms with E-state index >= 15 is 0 Å². The van der Waals surface area contributed by atoms with Gasteiger partial charge in [0.25, 0.3) is 0 Å². The largest absolute Gasteiger partial charge is 0.378 e. The topological polar surface area (TPSA) is 36.9 Å². The highest BCUT2D eigenvalue weighted by atomic mass is 16.5. The normalized spacial score (nSPS) is 22.2. The Morgan fingerprint density at radius 2 is 2.05 bits per heavy atom. The minimum absolute atomic E-state index is 0.327. The van der Waals surface area contributed by atoms with Crippen LogP contribution in [-0.2, 0) is 4.74 Å². The summed E-state index contributed by atoms with van der Waals surface area (Å²) >= 11 is 0. The molecule has 1 aliphatic carbocycles. The van der Waals surface area contributed by atoms with Crippen molar-refractivity contribution < 1.29 is 4.74 Å². The number of nitrogens with one attached hydrogen (secondary N) is 1. The molecule has 0 amide bonds. The van der Waals surface area contributed by atoms with Crippen molar-refractivity contribution in [1.29, 1.82) is 0 Å². The molecule has 4 nitrogen and oxygen atoms in total. The summed E-state index contributed by atoms with van der Waals surface area (Å²) in [5, 5.41) is 3.48. The molecule has 2 fully saturated rings. The van der Waals surface area contributed by atoms with E-state index in [1.165, 1.54) is 38.8 Å². The molecule has 1 heterocycles. The lowest BCUT2D eigenvalue weighted by molar-refractivity contribution is 0.0266. The molecule has 1 saturated heterocycles. The second kappa shape index (κ2) is 8.19. The van der Waals surface area contributed by atoms with E-state index in [1.54, 1.807) is 0 Å². The van der Waals surface area contributed by atoms with E-state index in [1.807, 2.05) is 0 Å². The van der Waals surface area contributed by atoms with Crippen LogP contribution in [0.5, 0.6) is 0 Å². The number of rotatable bonds is 7. The molecule has 1 unspecified atom stereocenters. The predicted octanol–water partition coefficient (Wildman–Crippen LogP) is 3.28. The van der Waals surface area contributed by atoms with Crippen LogP contribution in [0.3, 0.4) is 0 Å². The molecule has 1 aliphatic heterocycles. The number of nitrogens with zero attached hydrogens (tertiary/aromatic N) is 2. The molecule has 22 heavy (non-hydrogen) atoms. The van der Waals surface area contributed by atoms with Crippen molar-refractivity contribution in [1.82, 2.24) is 10.2 Å². The number of hydrogen-bond donors (Lipinski definition) is 1. The van der Waals surface area contributed by atoms with Gasteiger partial charge in [-0.1, -0.05) is 20.3 Å². The Hall–Kier alpha value is -0.770. The van der Waals surface area contributed by atoms with Gasteiger partial charge in [0.15, 0.2) is 5.96 Å². The van der Waals surface area contributed by atoms with Crippen LogP contribution in [0.4, 0.5) is 0 Å². The molecule has 1 saturated carbocycles. The number of aliphatic imine (C=N–C) groups is 1. The minimum Gasteiger partial charge on any atom is -0.378 e. The highest BCUT2D eigenvalue weighted by Gasteiger charge is 2.43. The number of ether oxygens (including phenoxy) is 1. The van der Waals surface area contributed by atoms with Gasteiger partial charge >= 0.3 is 0 Å². The minimum atomic E-state index is 0.327. The van der Waals surface area contributed by atoms with Gasteiger partial charge in [-0.3, -0.25) is 4.99 Å². The number of guanidine groups is 1. The molecule has 1 spiro atoms. The van der Waals surface area contributed by atoms with E-state index in [-0.39, 0.29) is 0 Å². The Morgan fingerprint density at radius 1 is 1.27 bits per heavy atom. The van der Waals surface area contributed by atoms with Crippen molar-refractivity contribution >= 4 is 5.96 Å². The second-order valence-electron chi connectivity index (χ2n) is 7.29. The first kappa shape index (κ1) is 17.6. The van der Waals surface area contributed by atoms with Gasteiger partial charge in [0.1, 0.15) is 0 Å². The molecule has 4 heteroatoms. The van der Waals surface area contributed by atoms with Crippen LogP contribution in [0.2, 0.25) is 0 Å². The summed E-state index contributed by atoms with van der Waals surface area (Å²) in [5.74, 6) is 1.67. The lowest BCUT2D eigenvalue weighted by atomic mass is 9.68. The Balaban J connectivity index is 1.87. The average molecular weight is 309 g/mol. The lowest BCUT2D eigenvalue weighted by Crippen LogP contribution is -2.42. The molecule has 0 bridgehead atoms. The fraction of sp³-hybridized carbons (Fsp3) is 0.944. The zero-order valence-electron chi connectivity index (χ0n) is 15.0. The van der Waals surface area contributed by atoms with E-state index in [4.69, 9.17) is 9.73 Å². The zero-order valence-corrected chi connectivity index (χ0v) is 15.0.